The second kappa shape index (κ2) is 32.8. The summed E-state index contributed by atoms with van der Waals surface area (Å²) >= 11 is 0. The first-order valence-electron chi connectivity index (χ1n) is 22.4. The van der Waals surface area contributed by atoms with Crippen LogP contribution >= 0.6 is 0 Å². The van der Waals surface area contributed by atoms with E-state index in [1.165, 1.54) is 193 Å². The average molecular weight is 678 g/mol. The van der Waals surface area contributed by atoms with Crippen LogP contribution in [0.3, 0.4) is 0 Å². The third-order valence-electron chi connectivity index (χ3n) is 11.4. The molecular weight excluding hydrogens is 587 g/mol. The summed E-state index contributed by atoms with van der Waals surface area (Å²) in [6, 6.07) is 0. The van der Waals surface area contributed by atoms with E-state index in [1.807, 2.05) is 0 Å². The normalized spacial score (nSPS) is 19.4. The average Bonchev–Trinajstić information content (AvgIpc) is 3.48. The summed E-state index contributed by atoms with van der Waals surface area (Å²) in [5, 5.41) is 0. The first-order chi connectivity index (χ1) is 23.4. The van der Waals surface area contributed by atoms with Crippen LogP contribution in [0.15, 0.2) is 0 Å². The van der Waals surface area contributed by atoms with Gasteiger partial charge in [0.25, 0.3) is 0 Å². The highest BCUT2D eigenvalue weighted by molar-refractivity contribution is 4.80. The van der Waals surface area contributed by atoms with Gasteiger partial charge in [0.2, 0.25) is 0 Å². The summed E-state index contributed by atoms with van der Waals surface area (Å²) < 4.78 is 13.2. The van der Waals surface area contributed by atoms with Gasteiger partial charge in [-0.05, 0) is 45.2 Å². The number of hydrogen-bond donors (Lipinski definition) is 0. The van der Waals surface area contributed by atoms with E-state index in [-0.39, 0.29) is 11.9 Å². The molecule has 3 nitrogen and oxygen atoms in total. The molecule has 0 aromatic heterocycles. The van der Waals surface area contributed by atoms with Crippen LogP contribution in [0.1, 0.15) is 240 Å². The molecule has 3 unspecified atom stereocenters. The maximum Gasteiger partial charge on any atom is 0.168 e. The van der Waals surface area contributed by atoms with Crippen LogP contribution in [0.2, 0.25) is 0 Å². The van der Waals surface area contributed by atoms with Gasteiger partial charge >= 0.3 is 0 Å². The van der Waals surface area contributed by atoms with Crippen molar-refractivity contribution in [3.8, 4) is 0 Å². The van der Waals surface area contributed by atoms with Crippen molar-refractivity contribution in [1.82, 2.24) is 4.90 Å². The second-order valence-electron chi connectivity index (χ2n) is 16.9. The van der Waals surface area contributed by atoms with E-state index in [1.54, 1.807) is 0 Å². The summed E-state index contributed by atoms with van der Waals surface area (Å²) in [6.45, 7) is 11.4. The van der Waals surface area contributed by atoms with Crippen molar-refractivity contribution in [3.63, 3.8) is 0 Å². The van der Waals surface area contributed by atoms with Gasteiger partial charge in [-0.3, -0.25) is 0 Å². The van der Waals surface area contributed by atoms with Gasteiger partial charge in [-0.25, -0.2) is 0 Å². The van der Waals surface area contributed by atoms with E-state index in [4.69, 9.17) is 9.47 Å². The van der Waals surface area contributed by atoms with Crippen molar-refractivity contribution < 1.29 is 9.47 Å². The summed E-state index contributed by atoms with van der Waals surface area (Å²) in [7, 11) is 4.33. The van der Waals surface area contributed by atoms with Crippen LogP contribution in [0.25, 0.3) is 0 Å². The summed E-state index contributed by atoms with van der Waals surface area (Å²) in [6.07, 6.45) is 45.9. The smallest absolute Gasteiger partial charge is 0.168 e. The van der Waals surface area contributed by atoms with Gasteiger partial charge in [0.1, 0.15) is 0 Å². The standard InChI is InChI=1S/C45H91NO2/c1-7-9-11-27-33-42(3)35-29-23-19-15-13-17-21-25-31-38-45(47-41-44(48-45)37-40-46(5)6)39-32-26-22-18-14-16-20-24-30-36-43(4)34-28-12-10-8-2/h42-44H,7-41H2,1-6H3. The Balaban J connectivity index is 2.12. The molecule has 1 heterocycles. The molecule has 0 N–H and O–H groups in total. The maximum atomic E-state index is 6.71. The number of ether oxygens (including phenoxy) is 2. The minimum absolute atomic E-state index is 0.278. The lowest BCUT2D eigenvalue weighted by atomic mass is 9.96. The molecule has 0 saturated carbocycles. The molecule has 1 saturated heterocycles. The first kappa shape index (κ1) is 45.9. The van der Waals surface area contributed by atoms with Gasteiger partial charge in [-0.15, -0.1) is 0 Å². The number of hydrogen-bond acceptors (Lipinski definition) is 3. The van der Waals surface area contributed by atoms with Crippen LogP contribution in [0, 0.1) is 11.8 Å². The lowest BCUT2D eigenvalue weighted by Crippen LogP contribution is -2.31. The Morgan fingerprint density at radius 2 is 0.833 bits per heavy atom. The Kier molecular flexibility index (Phi) is 31.3. The minimum atomic E-state index is -0.294. The van der Waals surface area contributed by atoms with Crippen LogP contribution in [-0.4, -0.2) is 44.0 Å². The van der Waals surface area contributed by atoms with Crippen molar-refractivity contribution >= 4 is 0 Å². The van der Waals surface area contributed by atoms with Crippen LogP contribution in [-0.2, 0) is 9.47 Å². The molecule has 288 valence electrons. The predicted octanol–water partition coefficient (Wildman–Crippen LogP) is 14.8. The molecule has 48 heavy (non-hydrogen) atoms. The molecule has 0 radical (unpaired) electrons. The Labute approximate surface area is 304 Å². The first-order valence-corrected chi connectivity index (χ1v) is 22.4. The topological polar surface area (TPSA) is 21.7 Å². The van der Waals surface area contributed by atoms with Gasteiger partial charge in [-0.2, -0.15) is 0 Å². The minimum Gasteiger partial charge on any atom is -0.347 e. The third kappa shape index (κ3) is 27.6. The molecule has 1 aliphatic rings. The Hall–Kier alpha value is -0.120. The number of rotatable bonds is 37. The molecule has 1 aliphatic heterocycles. The fraction of sp³-hybridized carbons (Fsp3) is 1.00. The highest BCUT2D eigenvalue weighted by atomic mass is 16.7. The van der Waals surface area contributed by atoms with E-state index < -0.39 is 0 Å². The van der Waals surface area contributed by atoms with Crippen LogP contribution in [0.5, 0.6) is 0 Å². The summed E-state index contributed by atoms with van der Waals surface area (Å²) in [4.78, 5) is 2.27. The lowest BCUT2D eigenvalue weighted by molar-refractivity contribution is -0.180. The van der Waals surface area contributed by atoms with Gasteiger partial charge < -0.3 is 14.4 Å². The lowest BCUT2D eigenvalue weighted by Gasteiger charge is -2.29. The zero-order valence-electron chi connectivity index (χ0n) is 34.2. The van der Waals surface area contributed by atoms with E-state index in [0.29, 0.717) is 0 Å². The Bertz CT molecular complexity index is 611. The largest absolute Gasteiger partial charge is 0.347 e. The molecule has 1 fully saturated rings. The fourth-order valence-corrected chi connectivity index (χ4v) is 7.93. The summed E-state index contributed by atoms with van der Waals surface area (Å²) in [5.74, 6) is 1.58. The van der Waals surface area contributed by atoms with Crippen molar-refractivity contribution in [2.24, 2.45) is 11.8 Å². The fourth-order valence-electron chi connectivity index (χ4n) is 7.93. The molecule has 0 bridgehead atoms. The predicted molar refractivity (Wildman–Crippen MR) is 214 cm³/mol. The molecule has 3 heteroatoms. The zero-order chi connectivity index (χ0) is 35.0. The van der Waals surface area contributed by atoms with E-state index >= 15 is 0 Å². The second-order valence-corrected chi connectivity index (χ2v) is 16.9. The molecular formula is C45H91NO2. The van der Waals surface area contributed by atoms with Crippen molar-refractivity contribution in [1.29, 1.82) is 0 Å². The maximum absolute atomic E-state index is 6.71. The highest BCUT2D eigenvalue weighted by Gasteiger charge is 2.40. The van der Waals surface area contributed by atoms with Crippen LogP contribution < -0.4 is 0 Å². The molecule has 0 aromatic carbocycles. The number of unbranched alkanes of at least 4 members (excludes halogenated alkanes) is 22. The molecule has 3 atom stereocenters. The number of nitrogens with zero attached hydrogens (tertiary/aromatic N) is 1. The molecule has 0 aliphatic carbocycles. The highest BCUT2D eigenvalue weighted by Crippen LogP contribution is 2.35. The summed E-state index contributed by atoms with van der Waals surface area (Å²) in [5.41, 5.74) is 0. The zero-order valence-corrected chi connectivity index (χ0v) is 34.2. The van der Waals surface area contributed by atoms with Gasteiger partial charge in [0.15, 0.2) is 5.79 Å². The van der Waals surface area contributed by atoms with E-state index in [0.717, 1.165) is 44.2 Å². The molecule has 0 aromatic rings. The molecule has 0 spiro atoms. The molecule has 1 rings (SSSR count). The van der Waals surface area contributed by atoms with E-state index in [9.17, 15) is 0 Å². The molecule has 0 amide bonds. The Morgan fingerprint density at radius 3 is 1.19 bits per heavy atom. The van der Waals surface area contributed by atoms with Gasteiger partial charge in [0.05, 0.1) is 12.7 Å². The SMILES string of the molecule is CCCCCCC(C)CCCCCCCCCCCC1(CCCCCCCCCCCC(C)CCCCCC)OCC(CCN(C)C)O1. The van der Waals surface area contributed by atoms with Crippen molar-refractivity contribution in [2.45, 2.75) is 251 Å². The van der Waals surface area contributed by atoms with Crippen molar-refractivity contribution in [3.05, 3.63) is 0 Å². The van der Waals surface area contributed by atoms with Crippen molar-refractivity contribution in [2.75, 3.05) is 27.2 Å². The Morgan fingerprint density at radius 1 is 0.500 bits per heavy atom. The monoisotopic (exact) mass is 678 g/mol. The van der Waals surface area contributed by atoms with Crippen LogP contribution in [0.4, 0.5) is 0 Å². The van der Waals surface area contributed by atoms with Gasteiger partial charge in [-0.1, -0.05) is 207 Å². The van der Waals surface area contributed by atoms with Gasteiger partial charge in [0, 0.05) is 19.4 Å². The third-order valence-corrected chi connectivity index (χ3v) is 11.4. The quantitative estimate of drug-likeness (QED) is 0.0611. The van der Waals surface area contributed by atoms with E-state index in [2.05, 4.69) is 46.7 Å².